The molecule has 1 aromatic rings. The number of nitrogens with zero attached hydrogens (tertiary/aromatic N) is 1. The molecule has 2 unspecified atom stereocenters. The Kier molecular flexibility index (Phi) is 10.7. The van der Waals surface area contributed by atoms with E-state index in [9.17, 15) is 4.79 Å². The third-order valence-electron chi connectivity index (χ3n) is 3.73. The summed E-state index contributed by atoms with van der Waals surface area (Å²) in [4.78, 5) is 15.0. The number of ether oxygens (including phenoxy) is 1. The SMILES string of the molecule is CCN(CC)CCC(C)C(Cc1cccs1)OC(C)=O.Cl. The highest BCUT2D eigenvalue weighted by Crippen LogP contribution is 2.20. The molecule has 5 heteroatoms. The van der Waals surface area contributed by atoms with Gasteiger partial charge in [-0.1, -0.05) is 26.8 Å². The van der Waals surface area contributed by atoms with Crippen LogP contribution in [0.1, 0.15) is 39.0 Å². The third kappa shape index (κ3) is 7.84. The maximum absolute atomic E-state index is 11.3. The van der Waals surface area contributed by atoms with Gasteiger partial charge in [0.25, 0.3) is 0 Å². The number of carbonyl (C=O) groups excluding carboxylic acids is 1. The molecule has 2 atom stereocenters. The maximum Gasteiger partial charge on any atom is 0.302 e. The molecule has 0 aliphatic heterocycles. The van der Waals surface area contributed by atoms with Crippen LogP contribution in [0, 0.1) is 5.92 Å². The monoisotopic (exact) mass is 333 g/mol. The molecular weight excluding hydrogens is 306 g/mol. The summed E-state index contributed by atoms with van der Waals surface area (Å²) in [5, 5.41) is 2.07. The van der Waals surface area contributed by atoms with Crippen molar-refractivity contribution in [3.63, 3.8) is 0 Å². The van der Waals surface area contributed by atoms with E-state index in [0.29, 0.717) is 5.92 Å². The Morgan fingerprint density at radius 1 is 1.38 bits per heavy atom. The third-order valence-corrected chi connectivity index (χ3v) is 4.63. The van der Waals surface area contributed by atoms with Gasteiger partial charge in [0.2, 0.25) is 0 Å². The Labute approximate surface area is 139 Å². The molecule has 0 saturated heterocycles. The van der Waals surface area contributed by atoms with E-state index in [1.807, 2.05) is 6.07 Å². The lowest BCUT2D eigenvalue weighted by Gasteiger charge is -2.26. The molecule has 0 aliphatic carbocycles. The Hall–Kier alpha value is -0.580. The van der Waals surface area contributed by atoms with E-state index in [0.717, 1.165) is 32.5 Å². The molecule has 0 amide bonds. The van der Waals surface area contributed by atoms with Gasteiger partial charge in [0.15, 0.2) is 0 Å². The van der Waals surface area contributed by atoms with Crippen molar-refractivity contribution in [2.45, 2.75) is 46.6 Å². The highest BCUT2D eigenvalue weighted by molar-refractivity contribution is 7.09. The van der Waals surface area contributed by atoms with Gasteiger partial charge in [-0.25, -0.2) is 0 Å². The van der Waals surface area contributed by atoms with Crippen molar-refractivity contribution < 1.29 is 9.53 Å². The number of esters is 1. The minimum atomic E-state index is -0.179. The maximum atomic E-state index is 11.3. The van der Waals surface area contributed by atoms with Crippen molar-refractivity contribution in [3.05, 3.63) is 22.4 Å². The van der Waals surface area contributed by atoms with E-state index >= 15 is 0 Å². The molecule has 0 N–H and O–H groups in total. The van der Waals surface area contributed by atoms with Gasteiger partial charge in [-0.3, -0.25) is 4.79 Å². The number of halogens is 1. The summed E-state index contributed by atoms with van der Waals surface area (Å²) < 4.78 is 5.53. The predicted molar refractivity (Wildman–Crippen MR) is 92.4 cm³/mol. The molecule has 0 aliphatic rings. The Bertz CT molecular complexity index is 380. The van der Waals surface area contributed by atoms with Crippen LogP contribution >= 0.6 is 23.7 Å². The fraction of sp³-hybridized carbons (Fsp3) is 0.688. The molecule has 1 rings (SSSR count). The van der Waals surface area contributed by atoms with Crippen molar-refractivity contribution >= 4 is 29.7 Å². The normalized spacial score (nSPS) is 13.6. The molecule has 21 heavy (non-hydrogen) atoms. The van der Waals surface area contributed by atoms with Crippen molar-refractivity contribution in [1.29, 1.82) is 0 Å². The Balaban J connectivity index is 0.00000400. The lowest BCUT2D eigenvalue weighted by atomic mass is 9.97. The Morgan fingerprint density at radius 3 is 2.52 bits per heavy atom. The van der Waals surface area contributed by atoms with Crippen molar-refractivity contribution in [2.75, 3.05) is 19.6 Å². The Morgan fingerprint density at radius 2 is 2.05 bits per heavy atom. The van der Waals surface area contributed by atoms with E-state index in [1.54, 1.807) is 11.3 Å². The second-order valence-corrected chi connectivity index (χ2v) is 6.26. The summed E-state index contributed by atoms with van der Waals surface area (Å²) in [6.07, 6.45) is 1.88. The average molecular weight is 334 g/mol. The zero-order valence-electron chi connectivity index (χ0n) is 13.5. The summed E-state index contributed by atoms with van der Waals surface area (Å²) in [5.74, 6) is 0.197. The van der Waals surface area contributed by atoms with Crippen LogP contribution in [-0.2, 0) is 16.0 Å². The largest absolute Gasteiger partial charge is 0.462 e. The number of rotatable bonds is 9. The number of thiophene rings is 1. The van der Waals surface area contributed by atoms with Gasteiger partial charge in [-0.05, 0) is 43.4 Å². The first-order valence-corrected chi connectivity index (χ1v) is 8.36. The summed E-state index contributed by atoms with van der Waals surface area (Å²) >= 11 is 1.73. The van der Waals surface area contributed by atoms with Crippen LogP contribution in [0.2, 0.25) is 0 Å². The second-order valence-electron chi connectivity index (χ2n) is 5.22. The average Bonchev–Trinajstić information content (AvgIpc) is 2.91. The highest BCUT2D eigenvalue weighted by Gasteiger charge is 2.21. The topological polar surface area (TPSA) is 29.5 Å². The second kappa shape index (κ2) is 11.0. The van der Waals surface area contributed by atoms with Gasteiger partial charge < -0.3 is 9.64 Å². The van der Waals surface area contributed by atoms with Crippen molar-refractivity contribution in [3.8, 4) is 0 Å². The predicted octanol–water partition coefficient (Wildman–Crippen LogP) is 4.01. The molecule has 3 nitrogen and oxygen atoms in total. The van der Waals surface area contributed by atoms with E-state index in [2.05, 4.69) is 37.1 Å². The minimum absolute atomic E-state index is 0. The zero-order chi connectivity index (χ0) is 15.0. The van der Waals surface area contributed by atoms with Gasteiger partial charge in [-0.2, -0.15) is 0 Å². The lowest BCUT2D eigenvalue weighted by molar-refractivity contribution is -0.148. The van der Waals surface area contributed by atoms with Crippen LogP contribution in [0.5, 0.6) is 0 Å². The first kappa shape index (κ1) is 20.4. The molecule has 0 spiro atoms. The summed E-state index contributed by atoms with van der Waals surface area (Å²) in [7, 11) is 0. The molecule has 1 heterocycles. The van der Waals surface area contributed by atoms with Crippen molar-refractivity contribution in [1.82, 2.24) is 4.90 Å². The minimum Gasteiger partial charge on any atom is -0.462 e. The molecule has 122 valence electrons. The van der Waals surface area contributed by atoms with E-state index in [4.69, 9.17) is 4.74 Å². The number of carbonyl (C=O) groups is 1. The van der Waals surface area contributed by atoms with Gasteiger partial charge in [0.1, 0.15) is 6.10 Å². The standard InChI is InChI=1S/C16H27NO2S.ClH/c1-5-17(6-2)10-9-13(3)16(19-14(4)18)12-15-8-7-11-20-15;/h7-8,11,13,16H,5-6,9-10,12H2,1-4H3;1H. The summed E-state index contributed by atoms with van der Waals surface area (Å²) in [5.41, 5.74) is 0. The van der Waals surface area contributed by atoms with Crippen LogP contribution in [0.4, 0.5) is 0 Å². The fourth-order valence-electron chi connectivity index (χ4n) is 2.31. The van der Waals surface area contributed by atoms with Gasteiger partial charge in [-0.15, -0.1) is 23.7 Å². The van der Waals surface area contributed by atoms with E-state index in [1.165, 1.54) is 11.8 Å². The summed E-state index contributed by atoms with van der Waals surface area (Å²) in [6.45, 7) is 11.3. The molecular formula is C16H28ClNO2S. The quantitative estimate of drug-likeness (QED) is 0.639. The van der Waals surface area contributed by atoms with Gasteiger partial charge in [0.05, 0.1) is 0 Å². The van der Waals surface area contributed by atoms with Crippen molar-refractivity contribution in [2.24, 2.45) is 5.92 Å². The lowest BCUT2D eigenvalue weighted by Crippen LogP contribution is -2.31. The van der Waals surface area contributed by atoms with Crippen LogP contribution in [-0.4, -0.2) is 36.6 Å². The molecule has 0 aromatic carbocycles. The van der Waals surface area contributed by atoms with Gasteiger partial charge >= 0.3 is 5.97 Å². The number of hydrogen-bond donors (Lipinski definition) is 0. The molecule has 0 saturated carbocycles. The zero-order valence-corrected chi connectivity index (χ0v) is 15.1. The fourth-order valence-corrected chi connectivity index (χ4v) is 3.06. The molecule has 0 bridgehead atoms. The van der Waals surface area contributed by atoms with E-state index in [-0.39, 0.29) is 24.5 Å². The van der Waals surface area contributed by atoms with Crippen LogP contribution < -0.4 is 0 Å². The number of hydrogen-bond acceptors (Lipinski definition) is 4. The smallest absolute Gasteiger partial charge is 0.302 e. The van der Waals surface area contributed by atoms with Crippen LogP contribution in [0.25, 0.3) is 0 Å². The van der Waals surface area contributed by atoms with E-state index < -0.39 is 0 Å². The molecule has 1 aromatic heterocycles. The first-order valence-electron chi connectivity index (χ1n) is 7.48. The summed E-state index contributed by atoms with van der Waals surface area (Å²) in [6, 6.07) is 4.16. The van der Waals surface area contributed by atoms with Crippen LogP contribution in [0.15, 0.2) is 17.5 Å². The van der Waals surface area contributed by atoms with Crippen LogP contribution in [0.3, 0.4) is 0 Å². The molecule has 0 fully saturated rings. The highest BCUT2D eigenvalue weighted by atomic mass is 35.5. The molecule has 0 radical (unpaired) electrons. The van der Waals surface area contributed by atoms with Gasteiger partial charge in [0, 0.05) is 18.2 Å². The first-order chi connectivity index (χ1) is 9.56.